The zero-order valence-corrected chi connectivity index (χ0v) is 16.6. The van der Waals surface area contributed by atoms with Crippen molar-refractivity contribution in [2.75, 3.05) is 27.1 Å². The molecule has 3 rings (SSSR count). The molecule has 0 bridgehead atoms. The van der Waals surface area contributed by atoms with Crippen molar-refractivity contribution in [2.45, 2.75) is 64.9 Å². The molecule has 0 saturated carbocycles. The van der Waals surface area contributed by atoms with Gasteiger partial charge in [0, 0.05) is 53.2 Å². The van der Waals surface area contributed by atoms with Gasteiger partial charge in [-0.3, -0.25) is 9.69 Å². The Bertz CT molecular complexity index is 1570. The van der Waals surface area contributed by atoms with Crippen molar-refractivity contribution in [3.05, 3.63) is 23.2 Å². The van der Waals surface area contributed by atoms with Crippen molar-refractivity contribution in [1.82, 2.24) is 4.90 Å². The third-order valence-electron chi connectivity index (χ3n) is 4.33. The molecule has 6 heteroatoms. The maximum Gasteiger partial charge on any atom is 0.323 e. The molecule has 0 radical (unpaired) electrons. The normalized spacial score (nSPS) is 47.5. The van der Waals surface area contributed by atoms with Crippen LogP contribution in [0.15, 0.2) is 12.1 Å². The van der Waals surface area contributed by atoms with Crippen LogP contribution in [-0.4, -0.2) is 50.1 Å². The fourth-order valence-corrected chi connectivity index (χ4v) is 2.99. The van der Waals surface area contributed by atoms with Crippen LogP contribution in [0.3, 0.4) is 0 Å². The van der Waals surface area contributed by atoms with Crippen molar-refractivity contribution >= 4 is 5.97 Å². The number of benzene rings is 1. The third kappa shape index (κ3) is 4.75. The summed E-state index contributed by atoms with van der Waals surface area (Å²) in [6, 6.07) is -9.22. The lowest BCUT2D eigenvalue weighted by Gasteiger charge is -2.47. The van der Waals surface area contributed by atoms with E-state index in [0.29, 0.717) is 0 Å². The number of piperidine rings is 1. The summed E-state index contributed by atoms with van der Waals surface area (Å²) in [5.41, 5.74) is 3.45. The van der Waals surface area contributed by atoms with Crippen LogP contribution in [0.4, 0.5) is 0 Å². The van der Waals surface area contributed by atoms with Gasteiger partial charge in [-0.2, -0.15) is 0 Å². The van der Waals surface area contributed by atoms with Gasteiger partial charge in [-0.05, 0) is 47.8 Å². The molecular formula is C24H38N2O4. The van der Waals surface area contributed by atoms with Gasteiger partial charge in [0.05, 0.1) is 22.4 Å². The highest BCUT2D eigenvalue weighted by Gasteiger charge is 2.41. The molecule has 0 spiro atoms. The number of nitrogens with two attached hydrogens (primary N) is 1. The lowest BCUT2D eigenvalue weighted by Crippen LogP contribution is -2.51. The molecule has 1 fully saturated rings. The minimum atomic E-state index is -4.18. The first kappa shape index (κ1) is 7.66. The van der Waals surface area contributed by atoms with Gasteiger partial charge in [0.2, 0.25) is 0 Å². The largest absolute Gasteiger partial charge is 0.493 e. The number of nitrogens with zero attached hydrogens (tertiary/aromatic N) is 1. The summed E-state index contributed by atoms with van der Waals surface area (Å²) in [5.74, 6) is -12.7. The van der Waals surface area contributed by atoms with Crippen LogP contribution in [0.25, 0.3) is 0 Å². The van der Waals surface area contributed by atoms with E-state index in [9.17, 15) is 11.6 Å². The van der Waals surface area contributed by atoms with E-state index >= 15 is 0 Å². The van der Waals surface area contributed by atoms with E-state index in [0.717, 1.165) is 7.11 Å². The monoisotopic (exact) mass is 440 g/mol. The zero-order chi connectivity index (χ0) is 41.2. The van der Waals surface area contributed by atoms with Crippen LogP contribution in [0.1, 0.15) is 87.7 Å². The number of carbonyl (C=O) groups is 1. The Balaban J connectivity index is 2.56. The molecule has 2 N–H and O–H groups in total. The van der Waals surface area contributed by atoms with Crippen molar-refractivity contribution < 1.29 is 49.2 Å². The van der Waals surface area contributed by atoms with Gasteiger partial charge in [-0.15, -0.1) is 0 Å². The van der Waals surface area contributed by atoms with E-state index in [4.69, 9.17) is 43.2 Å². The van der Waals surface area contributed by atoms with Crippen LogP contribution < -0.4 is 15.2 Å². The van der Waals surface area contributed by atoms with Gasteiger partial charge in [0.25, 0.3) is 0 Å². The van der Waals surface area contributed by atoms with Crippen LogP contribution in [0, 0.1) is 17.7 Å². The van der Waals surface area contributed by atoms with E-state index in [1.807, 2.05) is 0 Å². The fraction of sp³-hybridized carbons (Fsp3) is 0.708. The lowest BCUT2D eigenvalue weighted by molar-refractivity contribution is -0.160. The van der Waals surface area contributed by atoms with Crippen LogP contribution in [0.2, 0.25) is 0 Å². The average molecular weight is 441 g/mol. The highest BCUT2D eigenvalue weighted by atomic mass is 16.5. The molecule has 2 aliphatic rings. The summed E-state index contributed by atoms with van der Waals surface area (Å²) < 4.78 is 200. The molecule has 0 aliphatic carbocycles. The molecule has 1 aromatic rings. The molecule has 2 heterocycles. The number of esters is 1. The molecule has 2 aliphatic heterocycles. The molecule has 0 amide bonds. The standard InChI is InChI=1S/C24H38N2O4/c1-14(2)9-17-13-26-8-7-16-10-21(28-5)22(29-6)11-18(16)19(26)12-20(17)30-24(27)23(25)15(3)4/h10-11,14-15,17,19-20,23H,7-9,12-13,25H2,1-6H3/t17?,19?,20?,23-/m0/s1/i3D3,4D3,6D3,7D2,8D2,10D,11D,12D2,13D2,15D,17D,23D. The number of hydrogen-bond acceptors (Lipinski definition) is 6. The summed E-state index contributed by atoms with van der Waals surface area (Å²) in [6.07, 6.45) is -11.0. The minimum Gasteiger partial charge on any atom is -0.493 e. The summed E-state index contributed by atoms with van der Waals surface area (Å²) in [4.78, 5) is 13.7. The molecular weight excluding hydrogens is 380 g/mol. The smallest absolute Gasteiger partial charge is 0.323 e. The van der Waals surface area contributed by atoms with Gasteiger partial charge < -0.3 is 19.9 Å². The molecule has 0 aromatic heterocycles. The maximum absolute atomic E-state index is 13.8. The van der Waals surface area contributed by atoms with Crippen molar-refractivity contribution in [2.24, 2.45) is 23.4 Å². The van der Waals surface area contributed by atoms with E-state index in [1.54, 1.807) is 0 Å². The first-order valence-electron chi connectivity index (χ1n) is 20.0. The predicted molar refractivity (Wildman–Crippen MR) is 118 cm³/mol. The Morgan fingerprint density at radius 3 is 2.87 bits per heavy atom. The third-order valence-corrected chi connectivity index (χ3v) is 4.33. The Labute approximate surface area is 211 Å². The number of methoxy groups -OCH3 is 2. The second-order valence-corrected chi connectivity index (χ2v) is 6.99. The fourth-order valence-electron chi connectivity index (χ4n) is 2.99. The molecule has 4 atom stereocenters. The van der Waals surface area contributed by atoms with E-state index in [2.05, 4.69) is 0 Å². The number of hydrogen-bond donors (Lipinski definition) is 1. The van der Waals surface area contributed by atoms with Gasteiger partial charge >= 0.3 is 5.97 Å². The van der Waals surface area contributed by atoms with E-state index in [-0.39, 0.29) is 4.90 Å². The van der Waals surface area contributed by atoms with Crippen LogP contribution >= 0.6 is 0 Å². The van der Waals surface area contributed by atoms with Crippen molar-refractivity contribution in [1.29, 1.82) is 0 Å². The van der Waals surface area contributed by atoms with Crippen LogP contribution in [0.5, 0.6) is 11.5 Å². The Morgan fingerprint density at radius 1 is 1.43 bits per heavy atom. The lowest BCUT2D eigenvalue weighted by atomic mass is 9.79. The number of ether oxygens (including phenoxy) is 3. The first-order valence-corrected chi connectivity index (χ1v) is 8.98. The number of fused-ring (bicyclic) bond motifs is 3. The average Bonchev–Trinajstić information content (AvgIpc) is 2.91. The minimum absolute atomic E-state index is 0.0683. The Hall–Kier alpha value is -1.79. The molecule has 1 aromatic carbocycles. The topological polar surface area (TPSA) is 74.0 Å². The second-order valence-electron chi connectivity index (χ2n) is 6.99. The summed E-state index contributed by atoms with van der Waals surface area (Å²) in [7, 11) is -2.51. The number of rotatable bonds is 7. The van der Waals surface area contributed by atoms with Crippen LogP contribution in [-0.2, 0) is 15.9 Å². The van der Waals surface area contributed by atoms with Gasteiger partial charge in [-0.25, -0.2) is 0 Å². The summed E-state index contributed by atoms with van der Waals surface area (Å²) >= 11 is 0. The molecule has 30 heavy (non-hydrogen) atoms. The predicted octanol–water partition coefficient (Wildman–Crippen LogP) is 3.56. The Kier molecular flexibility index (Phi) is 2.44. The molecule has 6 nitrogen and oxygen atoms in total. The van der Waals surface area contributed by atoms with Crippen molar-refractivity contribution in [3.8, 4) is 11.5 Å². The highest BCUT2D eigenvalue weighted by molar-refractivity contribution is 5.76. The van der Waals surface area contributed by atoms with Crippen molar-refractivity contribution in [3.63, 3.8) is 0 Å². The second kappa shape index (κ2) is 9.56. The summed E-state index contributed by atoms with van der Waals surface area (Å²) in [5, 5.41) is 0. The van der Waals surface area contributed by atoms with Gasteiger partial charge in [0.15, 0.2) is 11.5 Å². The molecule has 3 unspecified atom stereocenters. The summed E-state index contributed by atoms with van der Waals surface area (Å²) in [6.45, 7) is -12.7. The highest BCUT2D eigenvalue weighted by Crippen LogP contribution is 2.44. The zero-order valence-electron chi connectivity index (χ0n) is 38.6. The maximum atomic E-state index is 13.8. The quantitative estimate of drug-likeness (QED) is 0.654. The van der Waals surface area contributed by atoms with Gasteiger partial charge in [-0.1, -0.05) is 27.6 Å². The SMILES string of the molecule is [2H]c1c(OC([2H])([2H])[2H])c(OC)c([2H])c2c1C1N(C([2H])([2H])C2([2H])[2H])C([2H])([2H])C([2H])(CC(C)C)C(OC(=O)[C@@]([2H])(N)C([2H])(C([2H])([2H])[2H])C([2H])([2H])[2H])C1([2H])[2H]. The molecule has 168 valence electrons. The Morgan fingerprint density at radius 2 is 2.20 bits per heavy atom. The van der Waals surface area contributed by atoms with Gasteiger partial charge in [0.1, 0.15) is 12.1 Å². The number of carbonyl (C=O) groups excluding carboxylic acids is 1. The van der Waals surface area contributed by atoms with E-state index in [1.165, 1.54) is 13.8 Å². The first-order chi connectivity index (χ1) is 22.8. The van der Waals surface area contributed by atoms with E-state index < -0.39 is 129 Å². The molecule has 1 saturated heterocycles.